The first-order valence-electron chi connectivity index (χ1n) is 6.60. The molecule has 0 unspecified atom stereocenters. The highest BCUT2D eigenvalue weighted by Gasteiger charge is 2.18. The van der Waals surface area contributed by atoms with Gasteiger partial charge in [-0.2, -0.15) is 0 Å². The molecular formula is C16H12Cl2N2OS. The van der Waals surface area contributed by atoms with E-state index in [1.54, 1.807) is 41.5 Å². The number of amides is 1. The lowest BCUT2D eigenvalue weighted by molar-refractivity contribution is 0.0785. The van der Waals surface area contributed by atoms with Gasteiger partial charge in [0.05, 0.1) is 32.4 Å². The molecule has 3 nitrogen and oxygen atoms in total. The Hall–Kier alpha value is -1.62. The summed E-state index contributed by atoms with van der Waals surface area (Å²) < 4.78 is 1.11. The van der Waals surface area contributed by atoms with Gasteiger partial charge in [-0.25, -0.2) is 4.98 Å². The first-order valence-corrected chi connectivity index (χ1v) is 8.17. The molecule has 0 saturated carbocycles. The molecule has 0 radical (unpaired) electrons. The minimum atomic E-state index is -0.174. The highest BCUT2D eigenvalue weighted by molar-refractivity contribution is 7.18. The van der Waals surface area contributed by atoms with E-state index in [0.717, 1.165) is 15.2 Å². The summed E-state index contributed by atoms with van der Waals surface area (Å²) in [7, 11) is 1.73. The molecule has 0 atom stereocenters. The molecule has 112 valence electrons. The maximum Gasteiger partial charge on any atom is 0.255 e. The van der Waals surface area contributed by atoms with Crippen molar-refractivity contribution in [2.24, 2.45) is 0 Å². The van der Waals surface area contributed by atoms with E-state index in [2.05, 4.69) is 4.98 Å². The zero-order valence-corrected chi connectivity index (χ0v) is 14.0. The second-order valence-corrected chi connectivity index (χ2v) is 6.74. The van der Waals surface area contributed by atoms with Crippen molar-refractivity contribution in [3.05, 3.63) is 63.1 Å². The van der Waals surface area contributed by atoms with Gasteiger partial charge >= 0.3 is 0 Å². The Labute approximate surface area is 142 Å². The summed E-state index contributed by atoms with van der Waals surface area (Å²) in [5.74, 6) is -0.174. The molecule has 0 aliphatic rings. The molecule has 3 aromatic rings. The zero-order valence-electron chi connectivity index (χ0n) is 11.7. The van der Waals surface area contributed by atoms with E-state index in [1.807, 2.05) is 24.3 Å². The van der Waals surface area contributed by atoms with Crippen LogP contribution in [0, 0.1) is 0 Å². The zero-order chi connectivity index (χ0) is 15.7. The van der Waals surface area contributed by atoms with Crippen LogP contribution >= 0.6 is 34.5 Å². The lowest BCUT2D eigenvalue weighted by Gasteiger charge is -2.16. The molecule has 0 bridgehead atoms. The van der Waals surface area contributed by atoms with Gasteiger partial charge in [0, 0.05) is 7.05 Å². The predicted octanol–water partition coefficient (Wildman–Crippen LogP) is 4.88. The molecule has 2 aromatic carbocycles. The number of hydrogen-bond acceptors (Lipinski definition) is 3. The van der Waals surface area contributed by atoms with Gasteiger partial charge in [0.25, 0.3) is 5.91 Å². The van der Waals surface area contributed by atoms with Gasteiger partial charge in [-0.3, -0.25) is 4.79 Å². The van der Waals surface area contributed by atoms with Gasteiger partial charge in [0.2, 0.25) is 0 Å². The van der Waals surface area contributed by atoms with E-state index in [1.165, 1.54) is 0 Å². The predicted molar refractivity (Wildman–Crippen MR) is 91.9 cm³/mol. The average molecular weight is 351 g/mol. The summed E-state index contributed by atoms with van der Waals surface area (Å²) in [6, 6.07) is 13.0. The Morgan fingerprint density at radius 2 is 1.95 bits per heavy atom. The quantitative estimate of drug-likeness (QED) is 0.674. The molecule has 0 aliphatic carbocycles. The summed E-state index contributed by atoms with van der Waals surface area (Å²) in [5.41, 5.74) is 1.35. The normalized spacial score (nSPS) is 10.9. The van der Waals surface area contributed by atoms with Gasteiger partial charge in [-0.05, 0) is 24.3 Å². The topological polar surface area (TPSA) is 33.2 Å². The minimum absolute atomic E-state index is 0.174. The van der Waals surface area contributed by atoms with Gasteiger partial charge in [-0.15, -0.1) is 11.3 Å². The van der Waals surface area contributed by atoms with Gasteiger partial charge in [0.1, 0.15) is 5.01 Å². The molecule has 0 saturated heterocycles. The van der Waals surface area contributed by atoms with Crippen LogP contribution in [0.5, 0.6) is 0 Å². The second kappa shape index (κ2) is 6.24. The van der Waals surface area contributed by atoms with Crippen molar-refractivity contribution in [2.75, 3.05) is 7.05 Å². The smallest absolute Gasteiger partial charge is 0.255 e. The van der Waals surface area contributed by atoms with Gasteiger partial charge < -0.3 is 4.90 Å². The number of thiazole rings is 1. The molecule has 3 rings (SSSR count). The third-order valence-electron chi connectivity index (χ3n) is 3.24. The summed E-state index contributed by atoms with van der Waals surface area (Å²) >= 11 is 13.7. The highest BCUT2D eigenvalue weighted by atomic mass is 35.5. The molecule has 6 heteroatoms. The van der Waals surface area contributed by atoms with E-state index in [0.29, 0.717) is 17.1 Å². The van der Waals surface area contributed by atoms with Crippen molar-refractivity contribution in [3.8, 4) is 0 Å². The van der Waals surface area contributed by atoms with Crippen LogP contribution in [-0.4, -0.2) is 22.8 Å². The Balaban J connectivity index is 1.83. The molecule has 0 aliphatic heterocycles. The van der Waals surface area contributed by atoms with Crippen LogP contribution in [0.25, 0.3) is 10.2 Å². The Bertz CT molecular complexity index is 814. The van der Waals surface area contributed by atoms with Crippen molar-refractivity contribution >= 4 is 50.7 Å². The number of rotatable bonds is 3. The standard InChI is InChI=1S/C16H12Cl2N2OS/c1-20(16(21)10-5-4-6-11(17)15(10)18)9-14-19-12-7-2-3-8-13(12)22-14/h2-8H,9H2,1H3. The number of carbonyl (C=O) groups excluding carboxylic acids is 1. The van der Waals surface area contributed by atoms with Crippen LogP contribution in [0.15, 0.2) is 42.5 Å². The van der Waals surface area contributed by atoms with E-state index in [9.17, 15) is 4.79 Å². The molecule has 0 spiro atoms. The number of hydrogen-bond donors (Lipinski definition) is 0. The lowest BCUT2D eigenvalue weighted by atomic mass is 10.2. The SMILES string of the molecule is CN(Cc1nc2ccccc2s1)C(=O)c1cccc(Cl)c1Cl. The number of para-hydroxylation sites is 1. The molecule has 1 aromatic heterocycles. The Kier molecular flexibility index (Phi) is 4.34. The fourth-order valence-corrected chi connectivity index (χ4v) is 3.54. The maximum atomic E-state index is 12.5. The van der Waals surface area contributed by atoms with Crippen molar-refractivity contribution in [1.29, 1.82) is 0 Å². The van der Waals surface area contributed by atoms with Crippen LogP contribution in [0.4, 0.5) is 0 Å². The first kappa shape index (κ1) is 15.3. The maximum absolute atomic E-state index is 12.5. The van der Waals surface area contributed by atoms with Crippen LogP contribution in [-0.2, 0) is 6.54 Å². The van der Waals surface area contributed by atoms with Crippen molar-refractivity contribution in [1.82, 2.24) is 9.88 Å². The fourth-order valence-electron chi connectivity index (χ4n) is 2.14. The summed E-state index contributed by atoms with van der Waals surface area (Å²) in [4.78, 5) is 18.6. The number of halogens is 2. The largest absolute Gasteiger partial charge is 0.335 e. The molecule has 1 heterocycles. The summed E-state index contributed by atoms with van der Waals surface area (Å²) in [6.07, 6.45) is 0. The van der Waals surface area contributed by atoms with Gasteiger partial charge in [-0.1, -0.05) is 41.4 Å². The molecule has 1 amide bonds. The minimum Gasteiger partial charge on any atom is -0.335 e. The number of nitrogens with zero attached hydrogens (tertiary/aromatic N) is 2. The lowest BCUT2D eigenvalue weighted by Crippen LogP contribution is -2.26. The first-order chi connectivity index (χ1) is 10.6. The summed E-state index contributed by atoms with van der Waals surface area (Å²) in [5, 5.41) is 1.54. The number of fused-ring (bicyclic) bond motifs is 1. The van der Waals surface area contributed by atoms with Crippen LogP contribution < -0.4 is 0 Å². The Morgan fingerprint density at radius 1 is 1.18 bits per heavy atom. The molecule has 0 fully saturated rings. The molecular weight excluding hydrogens is 339 g/mol. The van der Waals surface area contributed by atoms with E-state index >= 15 is 0 Å². The molecule has 22 heavy (non-hydrogen) atoms. The van der Waals surface area contributed by atoms with Crippen LogP contribution in [0.1, 0.15) is 15.4 Å². The number of benzene rings is 2. The van der Waals surface area contributed by atoms with Crippen molar-refractivity contribution < 1.29 is 4.79 Å². The average Bonchev–Trinajstić information content (AvgIpc) is 2.91. The van der Waals surface area contributed by atoms with Crippen LogP contribution in [0.2, 0.25) is 10.0 Å². The van der Waals surface area contributed by atoms with Gasteiger partial charge in [0.15, 0.2) is 0 Å². The third kappa shape index (κ3) is 2.95. The van der Waals surface area contributed by atoms with Crippen molar-refractivity contribution in [3.63, 3.8) is 0 Å². The third-order valence-corrected chi connectivity index (χ3v) is 5.08. The number of carbonyl (C=O) groups is 1. The van der Waals surface area contributed by atoms with Crippen molar-refractivity contribution in [2.45, 2.75) is 6.54 Å². The summed E-state index contributed by atoms with van der Waals surface area (Å²) in [6.45, 7) is 0.432. The Morgan fingerprint density at radius 3 is 2.73 bits per heavy atom. The monoisotopic (exact) mass is 350 g/mol. The highest BCUT2D eigenvalue weighted by Crippen LogP contribution is 2.27. The van der Waals surface area contributed by atoms with E-state index in [4.69, 9.17) is 23.2 Å². The molecule has 0 N–H and O–H groups in total. The fraction of sp³-hybridized carbons (Fsp3) is 0.125. The second-order valence-electron chi connectivity index (χ2n) is 4.84. The van der Waals surface area contributed by atoms with Crippen LogP contribution in [0.3, 0.4) is 0 Å². The number of aromatic nitrogens is 1. The van der Waals surface area contributed by atoms with E-state index < -0.39 is 0 Å². The van der Waals surface area contributed by atoms with E-state index in [-0.39, 0.29) is 10.9 Å².